The molecule has 1 aliphatic heterocycles. The molecule has 0 spiro atoms. The molecule has 0 N–H and O–H groups in total. The standard InChI is InChI=1S/C19H18N2S/c1-21-12-6-11-18(21)19-20-17(13-22-19)16-10-5-8-14-7-3-2-4-9-15(14)16/h5,7-10,13,18H,3,6,11-12H2,1H3. The predicted octanol–water partition coefficient (Wildman–Crippen LogP) is 2.54. The van der Waals surface area contributed by atoms with E-state index in [2.05, 4.69) is 53.4 Å². The maximum Gasteiger partial charge on any atom is 0.110 e. The first kappa shape index (κ1) is 13.8. The van der Waals surface area contributed by atoms with E-state index in [1.807, 2.05) is 6.08 Å². The number of fused-ring (bicyclic) bond motifs is 1. The van der Waals surface area contributed by atoms with Crippen molar-refractivity contribution in [1.82, 2.24) is 9.88 Å². The molecular formula is C19H18N2S. The minimum Gasteiger partial charge on any atom is -0.297 e. The monoisotopic (exact) mass is 306 g/mol. The van der Waals surface area contributed by atoms with Gasteiger partial charge in [0.05, 0.1) is 11.7 Å². The molecule has 1 aromatic heterocycles. The Morgan fingerprint density at radius 3 is 3.18 bits per heavy atom. The van der Waals surface area contributed by atoms with Crippen LogP contribution < -0.4 is 10.4 Å². The summed E-state index contributed by atoms with van der Waals surface area (Å²) in [6.07, 6.45) is 7.56. The molecule has 1 saturated heterocycles. The summed E-state index contributed by atoms with van der Waals surface area (Å²) in [6.45, 7) is 1.18. The van der Waals surface area contributed by atoms with E-state index in [9.17, 15) is 0 Å². The van der Waals surface area contributed by atoms with Crippen LogP contribution in [0.1, 0.15) is 30.3 Å². The summed E-state index contributed by atoms with van der Waals surface area (Å²) in [6, 6.07) is 6.93. The van der Waals surface area contributed by atoms with Crippen molar-refractivity contribution in [2.45, 2.75) is 25.3 Å². The van der Waals surface area contributed by atoms with Gasteiger partial charge < -0.3 is 0 Å². The fourth-order valence-corrected chi connectivity index (χ4v) is 4.29. The van der Waals surface area contributed by atoms with Crippen LogP contribution >= 0.6 is 11.3 Å². The lowest BCUT2D eigenvalue weighted by Crippen LogP contribution is -2.26. The first-order chi connectivity index (χ1) is 10.8. The molecule has 0 amide bonds. The number of hydrogen-bond acceptors (Lipinski definition) is 3. The molecule has 2 aliphatic rings. The molecule has 0 radical (unpaired) electrons. The van der Waals surface area contributed by atoms with Gasteiger partial charge in [-0.05, 0) is 42.9 Å². The zero-order valence-corrected chi connectivity index (χ0v) is 13.5. The van der Waals surface area contributed by atoms with E-state index >= 15 is 0 Å². The smallest absolute Gasteiger partial charge is 0.110 e. The zero-order valence-electron chi connectivity index (χ0n) is 12.7. The van der Waals surface area contributed by atoms with Gasteiger partial charge in [-0.3, -0.25) is 4.90 Å². The number of aromatic nitrogens is 1. The summed E-state index contributed by atoms with van der Waals surface area (Å²) < 4.78 is 0. The van der Waals surface area contributed by atoms with Crippen molar-refractivity contribution in [3.63, 3.8) is 0 Å². The van der Waals surface area contributed by atoms with Crippen LogP contribution in [0.25, 0.3) is 23.4 Å². The van der Waals surface area contributed by atoms with Crippen LogP contribution in [-0.4, -0.2) is 23.5 Å². The van der Waals surface area contributed by atoms with Crippen LogP contribution in [0.4, 0.5) is 0 Å². The quantitative estimate of drug-likeness (QED) is 0.793. The Hall–Kier alpha value is -1.89. The third-order valence-electron chi connectivity index (χ3n) is 4.49. The Morgan fingerprint density at radius 1 is 1.36 bits per heavy atom. The van der Waals surface area contributed by atoms with Gasteiger partial charge in [-0.2, -0.15) is 0 Å². The van der Waals surface area contributed by atoms with Crippen LogP contribution in [0, 0.1) is 11.8 Å². The van der Waals surface area contributed by atoms with Gasteiger partial charge >= 0.3 is 0 Å². The Morgan fingerprint density at radius 2 is 2.32 bits per heavy atom. The van der Waals surface area contributed by atoms with E-state index in [1.165, 1.54) is 40.4 Å². The fourth-order valence-electron chi connectivity index (χ4n) is 3.28. The van der Waals surface area contributed by atoms with E-state index in [0.717, 1.165) is 12.1 Å². The minimum atomic E-state index is 0.497. The van der Waals surface area contributed by atoms with Crippen molar-refractivity contribution in [2.24, 2.45) is 0 Å². The van der Waals surface area contributed by atoms with Gasteiger partial charge in [0.25, 0.3) is 0 Å². The second kappa shape index (κ2) is 5.72. The molecule has 0 bridgehead atoms. The van der Waals surface area contributed by atoms with E-state index in [0.29, 0.717) is 6.04 Å². The highest BCUT2D eigenvalue weighted by Gasteiger charge is 2.25. The average molecular weight is 306 g/mol. The Balaban J connectivity index is 1.80. The highest BCUT2D eigenvalue weighted by molar-refractivity contribution is 7.10. The number of nitrogens with zero attached hydrogens (tertiary/aromatic N) is 2. The van der Waals surface area contributed by atoms with Crippen molar-refractivity contribution < 1.29 is 0 Å². The van der Waals surface area contributed by atoms with Crippen molar-refractivity contribution in [3.05, 3.63) is 39.0 Å². The molecule has 2 aromatic rings. The molecule has 2 nitrogen and oxygen atoms in total. The van der Waals surface area contributed by atoms with E-state index in [4.69, 9.17) is 4.98 Å². The van der Waals surface area contributed by atoms with E-state index in [-0.39, 0.29) is 0 Å². The van der Waals surface area contributed by atoms with Crippen LogP contribution in [0.15, 0.2) is 23.6 Å². The number of benzene rings is 1. The maximum atomic E-state index is 4.95. The van der Waals surface area contributed by atoms with Gasteiger partial charge in [0, 0.05) is 17.4 Å². The highest BCUT2D eigenvalue weighted by Crippen LogP contribution is 2.33. The molecule has 1 aromatic carbocycles. The van der Waals surface area contributed by atoms with Crippen LogP contribution in [0.5, 0.6) is 0 Å². The Bertz CT molecular complexity index is 882. The summed E-state index contributed by atoms with van der Waals surface area (Å²) in [5, 5.41) is 5.91. The Kier molecular flexibility index (Phi) is 3.57. The first-order valence-corrected chi connectivity index (χ1v) is 8.65. The summed E-state index contributed by atoms with van der Waals surface area (Å²) in [5.41, 5.74) is 2.29. The van der Waals surface area contributed by atoms with Gasteiger partial charge in [-0.1, -0.05) is 36.1 Å². The van der Waals surface area contributed by atoms with Crippen molar-refractivity contribution >= 4 is 23.5 Å². The van der Waals surface area contributed by atoms with E-state index in [1.54, 1.807) is 11.3 Å². The SMILES string of the molecule is CN1CCCC1c1nc(-c2cccc3c2=CC#CCC=3)cs1. The predicted molar refractivity (Wildman–Crippen MR) is 92.7 cm³/mol. The number of hydrogen-bond donors (Lipinski definition) is 0. The topological polar surface area (TPSA) is 16.1 Å². The van der Waals surface area contributed by atoms with Gasteiger partial charge in [-0.25, -0.2) is 4.98 Å². The number of thiazole rings is 1. The minimum absolute atomic E-state index is 0.497. The maximum absolute atomic E-state index is 4.95. The second-order valence-electron chi connectivity index (χ2n) is 5.89. The van der Waals surface area contributed by atoms with Gasteiger partial charge in [0.2, 0.25) is 0 Å². The normalized spacial score (nSPS) is 20.3. The Labute approximate surface area is 134 Å². The second-order valence-corrected chi connectivity index (χ2v) is 6.78. The molecule has 4 rings (SSSR count). The summed E-state index contributed by atoms with van der Waals surface area (Å²) in [4.78, 5) is 7.36. The van der Waals surface area contributed by atoms with Gasteiger partial charge in [0.1, 0.15) is 5.01 Å². The molecule has 3 heteroatoms. The molecule has 1 unspecified atom stereocenters. The molecule has 1 atom stereocenters. The van der Waals surface area contributed by atoms with Crippen molar-refractivity contribution in [3.8, 4) is 23.1 Å². The van der Waals surface area contributed by atoms with Gasteiger partial charge in [0.15, 0.2) is 0 Å². The summed E-state index contributed by atoms with van der Waals surface area (Å²) in [7, 11) is 2.20. The van der Waals surface area contributed by atoms with Crippen LogP contribution in [0.2, 0.25) is 0 Å². The van der Waals surface area contributed by atoms with Crippen LogP contribution in [-0.2, 0) is 0 Å². The highest BCUT2D eigenvalue weighted by atomic mass is 32.1. The third-order valence-corrected chi connectivity index (χ3v) is 5.43. The molecular weight excluding hydrogens is 288 g/mol. The molecule has 2 heterocycles. The lowest BCUT2D eigenvalue weighted by Gasteiger charge is -2.16. The lowest BCUT2D eigenvalue weighted by molar-refractivity contribution is 0.317. The van der Waals surface area contributed by atoms with Gasteiger partial charge in [-0.15, -0.1) is 11.3 Å². The summed E-state index contributed by atoms with van der Waals surface area (Å²) in [5.74, 6) is 6.29. The fraction of sp³-hybridized carbons (Fsp3) is 0.316. The number of likely N-dealkylation sites (tertiary alicyclic amines) is 1. The lowest BCUT2D eigenvalue weighted by atomic mass is 10.1. The van der Waals surface area contributed by atoms with E-state index < -0.39 is 0 Å². The van der Waals surface area contributed by atoms with Crippen molar-refractivity contribution in [2.75, 3.05) is 13.6 Å². The molecule has 1 aliphatic carbocycles. The van der Waals surface area contributed by atoms with Crippen LogP contribution in [0.3, 0.4) is 0 Å². The third kappa shape index (κ3) is 2.39. The zero-order chi connectivity index (χ0) is 14.9. The molecule has 22 heavy (non-hydrogen) atoms. The number of rotatable bonds is 2. The van der Waals surface area contributed by atoms with Crippen molar-refractivity contribution in [1.29, 1.82) is 0 Å². The molecule has 1 fully saturated rings. The summed E-state index contributed by atoms with van der Waals surface area (Å²) >= 11 is 1.79. The largest absolute Gasteiger partial charge is 0.297 e. The first-order valence-electron chi connectivity index (χ1n) is 7.77. The molecule has 0 saturated carbocycles. The average Bonchev–Trinajstić information content (AvgIpc) is 3.09. The molecule has 110 valence electrons.